The van der Waals surface area contributed by atoms with E-state index in [1.807, 2.05) is 0 Å². The van der Waals surface area contributed by atoms with Crippen LogP contribution in [0.4, 0.5) is 10.1 Å². The van der Waals surface area contributed by atoms with E-state index >= 15 is 0 Å². The first kappa shape index (κ1) is 25.5. The predicted molar refractivity (Wildman–Crippen MR) is 140 cm³/mol. The summed E-state index contributed by atoms with van der Waals surface area (Å²) in [4.78, 5) is 31.1. The molecule has 3 aromatic carbocycles. The van der Waals surface area contributed by atoms with Crippen LogP contribution >= 0.6 is 23.4 Å². The average Bonchev–Trinajstić information content (AvgIpc) is 3.12. The summed E-state index contributed by atoms with van der Waals surface area (Å²) in [5.74, 6) is -0.400. The van der Waals surface area contributed by atoms with Gasteiger partial charge in [-0.15, -0.1) is 0 Å². The molecule has 0 N–H and O–H groups in total. The molecule has 0 spiro atoms. The van der Waals surface area contributed by atoms with Crippen LogP contribution in [0.5, 0.6) is 5.75 Å². The Labute approximate surface area is 217 Å². The lowest BCUT2D eigenvalue weighted by atomic mass is 10.2. The number of thioether (sulfide) groups is 1. The number of rotatable bonds is 7. The third-order valence-electron chi connectivity index (χ3n) is 5.17. The van der Waals surface area contributed by atoms with E-state index in [2.05, 4.69) is 4.99 Å². The molecule has 36 heavy (non-hydrogen) atoms. The topological polar surface area (TPSA) is 68.2 Å². The summed E-state index contributed by atoms with van der Waals surface area (Å²) in [5.41, 5.74) is 2.60. The van der Waals surface area contributed by atoms with Gasteiger partial charge in [0, 0.05) is 7.05 Å². The summed E-state index contributed by atoms with van der Waals surface area (Å²) in [7, 11) is 1.65. The van der Waals surface area contributed by atoms with E-state index in [1.54, 1.807) is 74.6 Å². The number of likely N-dealkylation sites (N-methyl/N-ethyl adjacent to an activating group) is 1. The molecule has 1 saturated heterocycles. The molecule has 3 aromatic rings. The summed E-state index contributed by atoms with van der Waals surface area (Å²) >= 11 is 7.63. The van der Waals surface area contributed by atoms with Crippen LogP contribution in [0.1, 0.15) is 28.4 Å². The van der Waals surface area contributed by atoms with E-state index < -0.39 is 5.97 Å². The highest BCUT2D eigenvalue weighted by molar-refractivity contribution is 8.18. The molecule has 0 saturated carbocycles. The standard InChI is InChI=1S/C27H22ClFN2O4S/c1-3-34-26(33)19-7-11-21(12-8-19)30-27-31(2)25(32)24(36-27)15-18-6-13-23(22(28)14-18)35-16-17-4-9-20(29)10-5-17/h4-15H,3,16H2,1-2H3/b24-15-,30-27?. The van der Waals surface area contributed by atoms with Gasteiger partial charge in [-0.1, -0.05) is 29.8 Å². The Bertz CT molecular complexity index is 1340. The molecule has 0 radical (unpaired) electrons. The molecular formula is C27H22ClFN2O4S. The van der Waals surface area contributed by atoms with Crippen LogP contribution in [0.3, 0.4) is 0 Å². The van der Waals surface area contributed by atoms with Crippen LogP contribution in [0.25, 0.3) is 6.08 Å². The number of amides is 1. The fourth-order valence-electron chi connectivity index (χ4n) is 3.27. The number of esters is 1. The summed E-state index contributed by atoms with van der Waals surface area (Å²) < 4.78 is 23.8. The highest BCUT2D eigenvalue weighted by Gasteiger charge is 2.30. The number of hydrogen-bond donors (Lipinski definition) is 0. The lowest BCUT2D eigenvalue weighted by Crippen LogP contribution is -2.23. The third-order valence-corrected chi connectivity index (χ3v) is 6.52. The monoisotopic (exact) mass is 524 g/mol. The maximum atomic E-state index is 13.1. The van der Waals surface area contributed by atoms with Gasteiger partial charge in [-0.3, -0.25) is 9.69 Å². The summed E-state index contributed by atoms with van der Waals surface area (Å²) in [5, 5.41) is 0.909. The Morgan fingerprint density at radius 3 is 2.50 bits per heavy atom. The molecule has 6 nitrogen and oxygen atoms in total. The van der Waals surface area contributed by atoms with E-state index in [0.29, 0.717) is 38.7 Å². The minimum absolute atomic E-state index is 0.186. The summed E-state index contributed by atoms with van der Waals surface area (Å²) in [6.45, 7) is 2.30. The van der Waals surface area contributed by atoms with E-state index in [9.17, 15) is 14.0 Å². The second-order valence-corrected chi connectivity index (χ2v) is 9.16. The number of ether oxygens (including phenoxy) is 2. The van der Waals surface area contributed by atoms with E-state index in [4.69, 9.17) is 21.1 Å². The zero-order valence-corrected chi connectivity index (χ0v) is 21.1. The van der Waals surface area contributed by atoms with Crippen molar-refractivity contribution in [3.63, 3.8) is 0 Å². The van der Waals surface area contributed by atoms with Crippen LogP contribution in [0.15, 0.2) is 76.6 Å². The van der Waals surface area contributed by atoms with Crippen molar-refractivity contribution >= 4 is 52.2 Å². The van der Waals surface area contributed by atoms with Gasteiger partial charge in [0.15, 0.2) is 5.17 Å². The second-order valence-electron chi connectivity index (χ2n) is 7.74. The SMILES string of the molecule is CCOC(=O)c1ccc(N=C2S/C(=C\c3ccc(OCc4ccc(F)cc4)c(Cl)c3)C(=O)N2C)cc1. The number of halogens is 2. The zero-order valence-electron chi connectivity index (χ0n) is 19.5. The Morgan fingerprint density at radius 2 is 1.83 bits per heavy atom. The number of nitrogens with zero attached hydrogens (tertiary/aromatic N) is 2. The van der Waals surface area contributed by atoms with Crippen molar-refractivity contribution < 1.29 is 23.5 Å². The van der Waals surface area contributed by atoms with Crippen molar-refractivity contribution in [3.05, 3.63) is 99.2 Å². The van der Waals surface area contributed by atoms with Gasteiger partial charge in [0.05, 0.1) is 27.8 Å². The molecule has 1 aliphatic heterocycles. The van der Waals surface area contributed by atoms with Gasteiger partial charge in [-0.25, -0.2) is 14.2 Å². The summed E-state index contributed by atoms with van der Waals surface area (Å²) in [6, 6.07) is 18.0. The number of carbonyl (C=O) groups excluding carboxylic acids is 2. The van der Waals surface area contributed by atoms with Gasteiger partial charge in [0.2, 0.25) is 0 Å². The van der Waals surface area contributed by atoms with Crippen LogP contribution in [-0.4, -0.2) is 35.6 Å². The number of carbonyl (C=O) groups is 2. The first-order valence-electron chi connectivity index (χ1n) is 11.0. The minimum Gasteiger partial charge on any atom is -0.487 e. The Kier molecular flexibility index (Phi) is 8.07. The molecule has 184 valence electrons. The van der Waals surface area contributed by atoms with Crippen molar-refractivity contribution in [2.45, 2.75) is 13.5 Å². The zero-order chi connectivity index (χ0) is 25.7. The molecule has 1 heterocycles. The minimum atomic E-state index is -0.394. The Morgan fingerprint density at radius 1 is 1.11 bits per heavy atom. The smallest absolute Gasteiger partial charge is 0.338 e. The Hall–Kier alpha value is -3.62. The van der Waals surface area contributed by atoms with Gasteiger partial charge in [0.25, 0.3) is 5.91 Å². The molecule has 1 fully saturated rings. The average molecular weight is 525 g/mol. The molecule has 0 aromatic heterocycles. The summed E-state index contributed by atoms with van der Waals surface area (Å²) in [6.07, 6.45) is 1.74. The highest BCUT2D eigenvalue weighted by Crippen LogP contribution is 2.34. The van der Waals surface area contributed by atoms with Gasteiger partial charge >= 0.3 is 5.97 Å². The van der Waals surface area contributed by atoms with Gasteiger partial charge in [-0.2, -0.15) is 0 Å². The molecule has 0 atom stereocenters. The van der Waals surface area contributed by atoms with Gasteiger partial charge < -0.3 is 9.47 Å². The quantitative estimate of drug-likeness (QED) is 0.262. The van der Waals surface area contributed by atoms with Crippen LogP contribution in [0.2, 0.25) is 5.02 Å². The fraction of sp³-hybridized carbons (Fsp3) is 0.148. The lowest BCUT2D eigenvalue weighted by Gasteiger charge is -2.09. The molecule has 9 heteroatoms. The first-order chi connectivity index (χ1) is 17.3. The van der Waals surface area contributed by atoms with Crippen LogP contribution in [0, 0.1) is 5.82 Å². The predicted octanol–water partition coefficient (Wildman–Crippen LogP) is 6.47. The number of benzene rings is 3. The maximum absolute atomic E-state index is 13.1. The lowest BCUT2D eigenvalue weighted by molar-refractivity contribution is -0.121. The maximum Gasteiger partial charge on any atom is 0.338 e. The fourth-order valence-corrected chi connectivity index (χ4v) is 4.50. The van der Waals surface area contributed by atoms with Crippen molar-refractivity contribution in [2.24, 2.45) is 4.99 Å². The van der Waals surface area contributed by atoms with Crippen molar-refractivity contribution in [1.82, 2.24) is 4.90 Å². The van der Waals surface area contributed by atoms with Gasteiger partial charge in [-0.05, 0) is 84.4 Å². The molecule has 0 aliphatic carbocycles. The molecular weight excluding hydrogens is 503 g/mol. The second kappa shape index (κ2) is 11.4. The van der Waals surface area contributed by atoms with Crippen molar-refractivity contribution in [3.8, 4) is 5.75 Å². The first-order valence-corrected chi connectivity index (χ1v) is 12.2. The number of aliphatic imine (C=N–C) groups is 1. The van der Waals surface area contributed by atoms with E-state index in [0.717, 1.165) is 11.1 Å². The highest BCUT2D eigenvalue weighted by atomic mass is 35.5. The van der Waals surface area contributed by atoms with Crippen LogP contribution in [-0.2, 0) is 16.1 Å². The molecule has 1 aliphatic rings. The van der Waals surface area contributed by atoms with Gasteiger partial charge in [0.1, 0.15) is 18.2 Å². The van der Waals surface area contributed by atoms with E-state index in [1.165, 1.54) is 28.8 Å². The largest absolute Gasteiger partial charge is 0.487 e. The number of hydrogen-bond acceptors (Lipinski definition) is 6. The van der Waals surface area contributed by atoms with E-state index in [-0.39, 0.29) is 18.3 Å². The van der Waals surface area contributed by atoms with Crippen molar-refractivity contribution in [1.29, 1.82) is 0 Å². The van der Waals surface area contributed by atoms with Crippen molar-refractivity contribution in [2.75, 3.05) is 13.7 Å². The Balaban J connectivity index is 1.45. The van der Waals surface area contributed by atoms with Crippen LogP contribution < -0.4 is 4.74 Å². The third kappa shape index (κ3) is 6.13. The molecule has 4 rings (SSSR count). The normalized spacial score (nSPS) is 15.6. The number of amidine groups is 1. The molecule has 1 amide bonds. The molecule has 0 bridgehead atoms. The molecule has 0 unspecified atom stereocenters.